The van der Waals surface area contributed by atoms with Crippen LogP contribution in [0, 0.1) is 0 Å². The molecule has 3 aromatic rings. The van der Waals surface area contributed by atoms with E-state index < -0.39 is 0 Å². The van der Waals surface area contributed by atoms with Crippen molar-refractivity contribution in [1.82, 2.24) is 19.7 Å². The zero-order valence-corrected chi connectivity index (χ0v) is 15.1. The van der Waals surface area contributed by atoms with Crippen LogP contribution >= 0.6 is 0 Å². The maximum atomic E-state index is 12.5. The van der Waals surface area contributed by atoms with E-state index in [0.29, 0.717) is 5.82 Å². The second kappa shape index (κ2) is 6.88. The summed E-state index contributed by atoms with van der Waals surface area (Å²) in [5, 5.41) is 9.29. The topological polar surface area (TPSA) is 63.1 Å². The number of fused-ring (bicyclic) bond motifs is 1. The van der Waals surface area contributed by atoms with Gasteiger partial charge in [-0.1, -0.05) is 12.1 Å². The Kier molecular flexibility index (Phi) is 4.42. The number of amides is 1. The molecule has 134 valence electrons. The van der Waals surface area contributed by atoms with E-state index in [0.717, 1.165) is 35.0 Å². The van der Waals surface area contributed by atoms with Crippen LogP contribution in [0.2, 0.25) is 0 Å². The van der Waals surface area contributed by atoms with Gasteiger partial charge in [0, 0.05) is 30.4 Å². The van der Waals surface area contributed by atoms with Crippen LogP contribution in [0.1, 0.15) is 19.8 Å². The molecule has 0 radical (unpaired) electrons. The van der Waals surface area contributed by atoms with Gasteiger partial charge in [-0.3, -0.25) is 14.4 Å². The molecule has 26 heavy (non-hydrogen) atoms. The number of anilines is 1. The lowest BCUT2D eigenvalue weighted by molar-refractivity contribution is -0.120. The summed E-state index contributed by atoms with van der Waals surface area (Å²) in [4.78, 5) is 19.1. The van der Waals surface area contributed by atoms with Crippen LogP contribution in [0.15, 0.2) is 42.9 Å². The molecule has 0 bridgehead atoms. The second-order valence-electron chi connectivity index (χ2n) is 6.94. The van der Waals surface area contributed by atoms with Crippen molar-refractivity contribution in [3.05, 3.63) is 42.9 Å². The van der Waals surface area contributed by atoms with Crippen molar-refractivity contribution in [2.24, 2.45) is 7.05 Å². The third-order valence-corrected chi connectivity index (χ3v) is 5.08. The monoisotopic (exact) mass is 349 g/mol. The van der Waals surface area contributed by atoms with Gasteiger partial charge in [0.05, 0.1) is 12.2 Å². The average molecular weight is 349 g/mol. The normalized spacial score (nSPS) is 16.1. The number of benzene rings is 1. The highest BCUT2D eigenvalue weighted by Gasteiger charge is 2.24. The maximum absolute atomic E-state index is 12.5. The molecule has 4 rings (SSSR count). The summed E-state index contributed by atoms with van der Waals surface area (Å²) in [5.74, 6) is 0.596. The predicted molar refractivity (Wildman–Crippen MR) is 103 cm³/mol. The van der Waals surface area contributed by atoms with Crippen molar-refractivity contribution in [1.29, 1.82) is 0 Å². The number of aryl methyl sites for hydroxylation is 1. The number of nitrogens with one attached hydrogen (secondary N) is 1. The van der Waals surface area contributed by atoms with Crippen LogP contribution in [-0.2, 0) is 11.8 Å². The lowest BCUT2D eigenvalue weighted by atomic mass is 10.1. The SMILES string of the molecule is C[C@@H](C(=O)Nc1cc2cc(-c3cnn(C)c3)ccc2cn1)N1CCCC1. The fourth-order valence-electron chi connectivity index (χ4n) is 3.48. The number of pyridine rings is 1. The Balaban J connectivity index is 1.57. The first kappa shape index (κ1) is 16.7. The smallest absolute Gasteiger partial charge is 0.242 e. The third kappa shape index (κ3) is 3.32. The number of rotatable bonds is 4. The lowest BCUT2D eigenvalue weighted by Gasteiger charge is -2.22. The van der Waals surface area contributed by atoms with Crippen LogP contribution in [0.4, 0.5) is 5.82 Å². The van der Waals surface area contributed by atoms with E-state index in [1.807, 2.05) is 38.5 Å². The lowest BCUT2D eigenvalue weighted by Crippen LogP contribution is -2.40. The molecule has 1 N–H and O–H groups in total. The second-order valence-corrected chi connectivity index (χ2v) is 6.94. The summed E-state index contributed by atoms with van der Waals surface area (Å²) in [5.41, 5.74) is 2.17. The molecule has 1 fully saturated rings. The zero-order valence-electron chi connectivity index (χ0n) is 15.1. The Labute approximate surface area is 152 Å². The number of likely N-dealkylation sites (tertiary alicyclic amines) is 1. The van der Waals surface area contributed by atoms with Gasteiger partial charge in [0.1, 0.15) is 5.82 Å². The van der Waals surface area contributed by atoms with Gasteiger partial charge < -0.3 is 5.32 Å². The van der Waals surface area contributed by atoms with Gasteiger partial charge in [-0.05, 0) is 55.9 Å². The highest BCUT2D eigenvalue weighted by molar-refractivity contribution is 5.96. The highest BCUT2D eigenvalue weighted by atomic mass is 16.2. The summed E-state index contributed by atoms with van der Waals surface area (Å²) in [6, 6.07) is 8.02. The van der Waals surface area contributed by atoms with Gasteiger partial charge in [0.2, 0.25) is 5.91 Å². The van der Waals surface area contributed by atoms with Gasteiger partial charge in [-0.25, -0.2) is 4.98 Å². The van der Waals surface area contributed by atoms with E-state index in [9.17, 15) is 4.79 Å². The Morgan fingerprint density at radius 1 is 1.12 bits per heavy atom. The van der Waals surface area contributed by atoms with Gasteiger partial charge >= 0.3 is 0 Å². The largest absolute Gasteiger partial charge is 0.309 e. The average Bonchev–Trinajstić information content (AvgIpc) is 3.32. The van der Waals surface area contributed by atoms with E-state index in [-0.39, 0.29) is 11.9 Å². The summed E-state index contributed by atoms with van der Waals surface area (Å²) in [7, 11) is 1.91. The van der Waals surface area contributed by atoms with Crippen LogP contribution < -0.4 is 5.32 Å². The highest BCUT2D eigenvalue weighted by Crippen LogP contribution is 2.25. The molecule has 1 saturated heterocycles. The molecular weight excluding hydrogens is 326 g/mol. The summed E-state index contributed by atoms with van der Waals surface area (Å²) in [6.45, 7) is 3.95. The van der Waals surface area contributed by atoms with Crippen LogP contribution in [-0.4, -0.2) is 44.7 Å². The molecule has 6 heteroatoms. The van der Waals surface area contributed by atoms with Crippen molar-refractivity contribution in [2.75, 3.05) is 18.4 Å². The first-order chi connectivity index (χ1) is 12.6. The Morgan fingerprint density at radius 2 is 1.92 bits per heavy atom. The third-order valence-electron chi connectivity index (χ3n) is 5.08. The predicted octanol–water partition coefficient (Wildman–Crippen LogP) is 3.06. The fraction of sp³-hybridized carbons (Fsp3) is 0.350. The van der Waals surface area contributed by atoms with Crippen LogP contribution in [0.3, 0.4) is 0 Å². The Bertz CT molecular complexity index is 942. The molecule has 1 atom stereocenters. The minimum atomic E-state index is -0.128. The molecule has 0 aliphatic carbocycles. The summed E-state index contributed by atoms with van der Waals surface area (Å²) in [6.07, 6.45) is 7.98. The summed E-state index contributed by atoms with van der Waals surface area (Å²) < 4.78 is 1.79. The van der Waals surface area contributed by atoms with E-state index in [2.05, 4.69) is 32.4 Å². The van der Waals surface area contributed by atoms with E-state index >= 15 is 0 Å². The standard InChI is InChI=1S/C20H23N5O/c1-14(25-7-3-4-8-25)20(26)23-19-10-17-9-15(5-6-16(17)11-21-19)18-12-22-24(2)13-18/h5-6,9-14H,3-4,7-8H2,1-2H3,(H,21,23,26)/t14-/m0/s1. The molecule has 1 aliphatic heterocycles. The number of hydrogen-bond donors (Lipinski definition) is 1. The van der Waals surface area contributed by atoms with Crippen molar-refractivity contribution < 1.29 is 4.79 Å². The van der Waals surface area contributed by atoms with E-state index in [1.54, 1.807) is 10.9 Å². The molecule has 1 aliphatic rings. The summed E-state index contributed by atoms with van der Waals surface area (Å²) >= 11 is 0. The first-order valence-electron chi connectivity index (χ1n) is 9.04. The molecule has 0 saturated carbocycles. The zero-order chi connectivity index (χ0) is 18.1. The van der Waals surface area contributed by atoms with Crippen molar-refractivity contribution in [2.45, 2.75) is 25.8 Å². The molecule has 1 aromatic carbocycles. The molecule has 3 heterocycles. The van der Waals surface area contributed by atoms with E-state index in [4.69, 9.17) is 0 Å². The number of hydrogen-bond acceptors (Lipinski definition) is 4. The van der Waals surface area contributed by atoms with Crippen molar-refractivity contribution in [3.8, 4) is 11.1 Å². The van der Waals surface area contributed by atoms with Crippen molar-refractivity contribution in [3.63, 3.8) is 0 Å². The molecule has 0 unspecified atom stereocenters. The fourth-order valence-corrected chi connectivity index (χ4v) is 3.48. The van der Waals surface area contributed by atoms with Crippen molar-refractivity contribution >= 4 is 22.5 Å². The first-order valence-corrected chi connectivity index (χ1v) is 9.04. The minimum Gasteiger partial charge on any atom is -0.309 e. The van der Waals surface area contributed by atoms with Gasteiger partial charge in [0.15, 0.2) is 0 Å². The van der Waals surface area contributed by atoms with Crippen LogP contribution in [0.25, 0.3) is 21.9 Å². The maximum Gasteiger partial charge on any atom is 0.242 e. The molecule has 1 amide bonds. The van der Waals surface area contributed by atoms with Gasteiger partial charge in [0.25, 0.3) is 0 Å². The molecule has 0 spiro atoms. The Morgan fingerprint density at radius 3 is 2.65 bits per heavy atom. The molecule has 2 aromatic heterocycles. The number of nitrogens with zero attached hydrogens (tertiary/aromatic N) is 4. The quantitative estimate of drug-likeness (QED) is 0.786. The number of carbonyl (C=O) groups excluding carboxylic acids is 1. The van der Waals surface area contributed by atoms with Gasteiger partial charge in [-0.15, -0.1) is 0 Å². The number of carbonyl (C=O) groups is 1. The van der Waals surface area contributed by atoms with E-state index in [1.165, 1.54) is 12.8 Å². The minimum absolute atomic E-state index is 0.00200. The molecule has 6 nitrogen and oxygen atoms in total. The Hall–Kier alpha value is -2.73. The van der Waals surface area contributed by atoms with Crippen LogP contribution in [0.5, 0.6) is 0 Å². The van der Waals surface area contributed by atoms with Gasteiger partial charge in [-0.2, -0.15) is 5.10 Å². The number of aromatic nitrogens is 3. The molecular formula is C20H23N5O.